The Morgan fingerprint density at radius 1 is 1.19 bits per heavy atom. The lowest BCUT2D eigenvalue weighted by Crippen LogP contribution is -2.14. The fourth-order valence-corrected chi connectivity index (χ4v) is 3.33. The molecule has 0 spiro atoms. The lowest BCUT2D eigenvalue weighted by Gasteiger charge is -2.11. The van der Waals surface area contributed by atoms with E-state index < -0.39 is 16.9 Å². The number of rotatable bonds is 3. The van der Waals surface area contributed by atoms with E-state index in [0.29, 0.717) is 23.2 Å². The molecule has 7 nitrogen and oxygen atoms in total. The van der Waals surface area contributed by atoms with Gasteiger partial charge in [0.2, 0.25) is 10.1 Å². The van der Waals surface area contributed by atoms with Crippen molar-refractivity contribution in [1.82, 2.24) is 29.3 Å². The predicted molar refractivity (Wildman–Crippen MR) is 91.3 cm³/mol. The summed E-state index contributed by atoms with van der Waals surface area (Å²) in [4.78, 5) is 20.3. The second-order valence-electron chi connectivity index (χ2n) is 5.45. The van der Waals surface area contributed by atoms with E-state index in [4.69, 9.17) is 11.6 Å². The van der Waals surface area contributed by atoms with Gasteiger partial charge in [-0.25, -0.2) is 14.3 Å². The van der Waals surface area contributed by atoms with Crippen LogP contribution in [0.15, 0.2) is 41.5 Å². The number of imidazole rings is 1. The minimum Gasteiger partial charge on any atom is -0.327 e. The molecule has 0 aliphatic carbocycles. The van der Waals surface area contributed by atoms with E-state index in [1.807, 2.05) is 0 Å². The summed E-state index contributed by atoms with van der Waals surface area (Å²) in [7, 11) is 0. The molecule has 0 radical (unpaired) electrons. The van der Waals surface area contributed by atoms with Crippen LogP contribution in [0.1, 0.15) is 10.6 Å². The molecule has 4 rings (SSSR count). The molecule has 0 atom stereocenters. The average molecular weight is 413 g/mol. The SMILES string of the molecule is O=c1nc2n(Cc3ccc(Cl)nc3)cccc-2n1-c1nnc(C(F)(F)F)s1. The third-order valence-corrected chi connectivity index (χ3v) is 4.82. The summed E-state index contributed by atoms with van der Waals surface area (Å²) in [5, 5.41) is 5.64. The highest BCUT2D eigenvalue weighted by Gasteiger charge is 2.36. The summed E-state index contributed by atoms with van der Waals surface area (Å²) in [6.45, 7) is 0.349. The first-order valence-electron chi connectivity index (χ1n) is 7.42. The van der Waals surface area contributed by atoms with Gasteiger partial charge < -0.3 is 4.57 Å². The van der Waals surface area contributed by atoms with E-state index >= 15 is 0 Å². The molecule has 0 unspecified atom stereocenters. The second kappa shape index (κ2) is 6.43. The molecule has 0 saturated carbocycles. The molecule has 0 fully saturated rings. The number of hydrogen-bond acceptors (Lipinski definition) is 6. The Hall–Kier alpha value is -2.79. The van der Waals surface area contributed by atoms with Gasteiger partial charge in [0.1, 0.15) is 5.15 Å². The van der Waals surface area contributed by atoms with Gasteiger partial charge in [0.05, 0.1) is 12.2 Å². The lowest BCUT2D eigenvalue weighted by molar-refractivity contribution is -0.138. The Morgan fingerprint density at radius 2 is 2.00 bits per heavy atom. The minimum atomic E-state index is -4.63. The molecule has 0 saturated heterocycles. The maximum Gasteiger partial charge on any atom is 0.445 e. The topological polar surface area (TPSA) is 78.5 Å². The van der Waals surface area contributed by atoms with Gasteiger partial charge in [-0.15, -0.1) is 10.2 Å². The van der Waals surface area contributed by atoms with Crippen molar-refractivity contribution in [1.29, 1.82) is 0 Å². The molecule has 0 bridgehead atoms. The van der Waals surface area contributed by atoms with E-state index in [2.05, 4.69) is 20.2 Å². The zero-order valence-corrected chi connectivity index (χ0v) is 14.8. The number of alkyl halides is 3. The first kappa shape index (κ1) is 17.6. The Morgan fingerprint density at radius 3 is 2.67 bits per heavy atom. The molecule has 2 aliphatic rings. The quantitative estimate of drug-likeness (QED) is 0.483. The van der Waals surface area contributed by atoms with E-state index in [1.54, 1.807) is 41.2 Å². The standard InChI is InChI=1S/C15H8ClF3N6OS/c16-10-4-3-8(6-20-10)7-24-5-1-2-9-11(24)21-13(26)25(9)14-23-22-12(27-14)15(17,18)19/h1-6H,7H2. The summed E-state index contributed by atoms with van der Waals surface area (Å²) < 4.78 is 41.0. The molecular formula is C15H8ClF3N6OS. The summed E-state index contributed by atoms with van der Waals surface area (Å²) >= 11 is 6.05. The molecule has 12 heteroatoms. The number of pyridine rings is 2. The fraction of sp³-hybridized carbons (Fsp3) is 0.133. The Bertz CT molecular complexity index is 1130. The van der Waals surface area contributed by atoms with Crippen LogP contribution in [0, 0.1) is 0 Å². The summed E-state index contributed by atoms with van der Waals surface area (Å²) in [5.74, 6) is 0.307. The number of aromatic nitrogens is 6. The summed E-state index contributed by atoms with van der Waals surface area (Å²) in [5.41, 5.74) is 0.410. The Kier molecular flexibility index (Phi) is 4.19. The van der Waals surface area contributed by atoms with Crippen LogP contribution in [0.4, 0.5) is 13.2 Å². The van der Waals surface area contributed by atoms with Crippen molar-refractivity contribution >= 4 is 22.9 Å². The van der Waals surface area contributed by atoms with Crippen LogP contribution in [-0.2, 0) is 12.7 Å². The van der Waals surface area contributed by atoms with Crippen LogP contribution in [0.25, 0.3) is 16.6 Å². The third kappa shape index (κ3) is 3.30. The van der Waals surface area contributed by atoms with Gasteiger partial charge in [-0.2, -0.15) is 18.2 Å². The third-order valence-electron chi connectivity index (χ3n) is 3.64. The molecule has 2 aliphatic heterocycles. The lowest BCUT2D eigenvalue weighted by atomic mass is 10.2. The van der Waals surface area contributed by atoms with E-state index in [9.17, 15) is 18.0 Å². The predicted octanol–water partition coefficient (Wildman–Crippen LogP) is 3.11. The summed E-state index contributed by atoms with van der Waals surface area (Å²) in [6.07, 6.45) is -1.34. The smallest absolute Gasteiger partial charge is 0.327 e. The largest absolute Gasteiger partial charge is 0.445 e. The zero-order valence-electron chi connectivity index (χ0n) is 13.2. The molecule has 0 N–H and O–H groups in total. The molecule has 4 heterocycles. The molecule has 2 aromatic rings. The van der Waals surface area contributed by atoms with Crippen LogP contribution in [0.2, 0.25) is 5.15 Å². The second-order valence-corrected chi connectivity index (χ2v) is 6.79. The van der Waals surface area contributed by atoms with E-state index in [1.165, 1.54) is 0 Å². The van der Waals surface area contributed by atoms with Crippen molar-refractivity contribution in [3.63, 3.8) is 0 Å². The molecule has 0 amide bonds. The number of hydrogen-bond donors (Lipinski definition) is 0. The van der Waals surface area contributed by atoms with Gasteiger partial charge in [0, 0.05) is 12.4 Å². The van der Waals surface area contributed by atoms with Gasteiger partial charge in [-0.05, 0) is 23.8 Å². The number of halogens is 4. The molecule has 138 valence electrons. The monoisotopic (exact) mass is 412 g/mol. The van der Waals surface area contributed by atoms with Crippen molar-refractivity contribution in [2.75, 3.05) is 0 Å². The van der Waals surface area contributed by atoms with Crippen LogP contribution >= 0.6 is 22.9 Å². The molecule has 27 heavy (non-hydrogen) atoms. The highest BCUT2D eigenvalue weighted by Crippen LogP contribution is 2.33. The van der Waals surface area contributed by atoms with E-state index in [0.717, 1.165) is 10.1 Å². The van der Waals surface area contributed by atoms with Gasteiger partial charge >= 0.3 is 11.9 Å². The fourth-order valence-electron chi connectivity index (χ4n) is 2.50. The first-order valence-corrected chi connectivity index (χ1v) is 8.62. The molecule has 2 aromatic heterocycles. The van der Waals surface area contributed by atoms with Crippen molar-refractivity contribution in [2.45, 2.75) is 12.7 Å². The minimum absolute atomic E-state index is 0.194. The zero-order chi connectivity index (χ0) is 19.2. The van der Waals surface area contributed by atoms with Crippen molar-refractivity contribution < 1.29 is 13.2 Å². The maximum absolute atomic E-state index is 12.8. The summed E-state index contributed by atoms with van der Waals surface area (Å²) in [6, 6.07) is 6.65. The molecule has 0 aromatic carbocycles. The number of fused-ring (bicyclic) bond motifs is 1. The van der Waals surface area contributed by atoms with Crippen LogP contribution in [0.3, 0.4) is 0 Å². The maximum atomic E-state index is 12.8. The molecular weight excluding hydrogens is 405 g/mol. The van der Waals surface area contributed by atoms with Crippen molar-refractivity contribution in [3.05, 3.63) is 62.9 Å². The normalized spacial score (nSPS) is 12.0. The van der Waals surface area contributed by atoms with Crippen molar-refractivity contribution in [3.8, 4) is 16.6 Å². The average Bonchev–Trinajstić information content (AvgIpc) is 3.21. The first-order chi connectivity index (χ1) is 12.8. The van der Waals surface area contributed by atoms with Gasteiger partial charge in [0.25, 0.3) is 0 Å². The number of nitrogens with zero attached hydrogens (tertiary/aromatic N) is 6. The van der Waals surface area contributed by atoms with Gasteiger partial charge in [0.15, 0.2) is 5.82 Å². The van der Waals surface area contributed by atoms with Crippen LogP contribution in [-0.4, -0.2) is 29.3 Å². The van der Waals surface area contributed by atoms with Gasteiger partial charge in [-0.3, -0.25) is 0 Å². The Labute approximate surface area is 158 Å². The van der Waals surface area contributed by atoms with Crippen LogP contribution < -0.4 is 5.69 Å². The van der Waals surface area contributed by atoms with Crippen molar-refractivity contribution in [2.24, 2.45) is 0 Å². The Balaban J connectivity index is 1.75. The highest BCUT2D eigenvalue weighted by atomic mass is 35.5. The highest BCUT2D eigenvalue weighted by molar-refractivity contribution is 7.13. The van der Waals surface area contributed by atoms with E-state index in [-0.39, 0.29) is 16.5 Å². The van der Waals surface area contributed by atoms with Crippen LogP contribution in [0.5, 0.6) is 0 Å². The van der Waals surface area contributed by atoms with Gasteiger partial charge in [-0.1, -0.05) is 29.0 Å².